The zero-order valence-corrected chi connectivity index (χ0v) is 14.6. The number of rotatable bonds is 3. The molecular weight excluding hydrogens is 362 g/mol. The molecular formula is C17H10ClN3OS2. The van der Waals surface area contributed by atoms with Crippen molar-refractivity contribution >= 4 is 56.2 Å². The van der Waals surface area contributed by atoms with Crippen LogP contribution in [0.2, 0.25) is 4.34 Å². The van der Waals surface area contributed by atoms with Crippen molar-refractivity contribution in [2.75, 3.05) is 5.32 Å². The zero-order valence-electron chi connectivity index (χ0n) is 12.2. The van der Waals surface area contributed by atoms with Gasteiger partial charge in [0.1, 0.15) is 0 Å². The van der Waals surface area contributed by atoms with E-state index < -0.39 is 0 Å². The van der Waals surface area contributed by atoms with Gasteiger partial charge in [0.25, 0.3) is 5.91 Å². The lowest BCUT2D eigenvalue weighted by atomic mass is 10.1. The summed E-state index contributed by atoms with van der Waals surface area (Å²) in [6, 6.07) is 13.1. The monoisotopic (exact) mass is 371 g/mol. The van der Waals surface area contributed by atoms with Gasteiger partial charge in [0.2, 0.25) is 0 Å². The Morgan fingerprint density at radius 1 is 1.12 bits per heavy atom. The van der Waals surface area contributed by atoms with E-state index in [1.165, 1.54) is 22.7 Å². The highest BCUT2D eigenvalue weighted by Gasteiger charge is 2.14. The highest BCUT2D eigenvalue weighted by atomic mass is 35.5. The number of nitrogens with one attached hydrogen (secondary N) is 1. The minimum absolute atomic E-state index is 0.218. The number of hydrogen-bond donors (Lipinski definition) is 1. The maximum atomic E-state index is 12.6. The van der Waals surface area contributed by atoms with E-state index in [1.807, 2.05) is 41.8 Å². The number of carbonyl (C=O) groups is 1. The third kappa shape index (κ3) is 2.91. The number of fused-ring (bicyclic) bond motifs is 1. The van der Waals surface area contributed by atoms with E-state index in [4.69, 9.17) is 11.6 Å². The van der Waals surface area contributed by atoms with E-state index >= 15 is 0 Å². The van der Waals surface area contributed by atoms with Gasteiger partial charge in [-0.3, -0.25) is 15.1 Å². The van der Waals surface area contributed by atoms with E-state index in [0.29, 0.717) is 20.5 Å². The molecule has 0 aliphatic carbocycles. The predicted molar refractivity (Wildman–Crippen MR) is 100 cm³/mol. The fourth-order valence-corrected chi connectivity index (χ4v) is 4.13. The van der Waals surface area contributed by atoms with Crippen molar-refractivity contribution in [3.8, 4) is 10.6 Å². The SMILES string of the molecule is O=C(Nc1nc(-c2ccc(Cl)s2)cs1)c1cccc2cccnc12. The van der Waals surface area contributed by atoms with Gasteiger partial charge in [-0.2, -0.15) is 0 Å². The molecule has 0 atom stereocenters. The van der Waals surface area contributed by atoms with E-state index in [2.05, 4.69) is 15.3 Å². The Bertz CT molecular complexity index is 1040. The van der Waals surface area contributed by atoms with Crippen molar-refractivity contribution in [3.05, 3.63) is 63.9 Å². The number of nitrogens with zero attached hydrogens (tertiary/aromatic N) is 2. The number of carbonyl (C=O) groups excluding carboxylic acids is 1. The molecule has 0 aliphatic heterocycles. The first kappa shape index (κ1) is 15.3. The van der Waals surface area contributed by atoms with Crippen LogP contribution in [0.4, 0.5) is 5.13 Å². The van der Waals surface area contributed by atoms with Crippen molar-refractivity contribution in [1.82, 2.24) is 9.97 Å². The van der Waals surface area contributed by atoms with Gasteiger partial charge in [0.15, 0.2) is 5.13 Å². The third-order valence-electron chi connectivity index (χ3n) is 3.43. The molecule has 0 aliphatic rings. The Morgan fingerprint density at radius 2 is 2.00 bits per heavy atom. The summed E-state index contributed by atoms with van der Waals surface area (Å²) in [5, 5.41) is 6.23. The zero-order chi connectivity index (χ0) is 16.5. The topological polar surface area (TPSA) is 54.9 Å². The number of amides is 1. The van der Waals surface area contributed by atoms with Gasteiger partial charge in [-0.25, -0.2) is 4.98 Å². The van der Waals surface area contributed by atoms with Crippen LogP contribution < -0.4 is 5.32 Å². The molecule has 4 nitrogen and oxygen atoms in total. The van der Waals surface area contributed by atoms with Gasteiger partial charge in [-0.15, -0.1) is 22.7 Å². The Kier molecular flexibility index (Phi) is 4.02. The van der Waals surface area contributed by atoms with Crippen molar-refractivity contribution < 1.29 is 4.79 Å². The van der Waals surface area contributed by atoms with Crippen molar-refractivity contribution in [2.45, 2.75) is 0 Å². The molecule has 4 aromatic rings. The van der Waals surface area contributed by atoms with Crippen LogP contribution in [-0.4, -0.2) is 15.9 Å². The lowest BCUT2D eigenvalue weighted by Gasteiger charge is -2.05. The first-order valence-electron chi connectivity index (χ1n) is 7.07. The number of benzene rings is 1. The van der Waals surface area contributed by atoms with Crippen LogP contribution in [0.25, 0.3) is 21.5 Å². The molecule has 0 unspecified atom stereocenters. The minimum atomic E-state index is -0.218. The molecule has 7 heteroatoms. The fraction of sp³-hybridized carbons (Fsp3) is 0. The third-order valence-corrected chi connectivity index (χ3v) is 5.44. The normalized spacial score (nSPS) is 10.9. The summed E-state index contributed by atoms with van der Waals surface area (Å²) in [5.74, 6) is -0.218. The lowest BCUT2D eigenvalue weighted by molar-refractivity contribution is 0.102. The molecule has 0 spiro atoms. The average Bonchev–Trinajstić information content (AvgIpc) is 3.23. The molecule has 0 saturated carbocycles. The first-order chi connectivity index (χ1) is 11.7. The second-order valence-corrected chi connectivity index (χ2v) is 7.55. The average molecular weight is 372 g/mol. The van der Waals surface area contributed by atoms with Crippen LogP contribution in [0, 0.1) is 0 Å². The second-order valence-electron chi connectivity index (χ2n) is 4.98. The van der Waals surface area contributed by atoms with Gasteiger partial charge >= 0.3 is 0 Å². The summed E-state index contributed by atoms with van der Waals surface area (Å²) in [6.07, 6.45) is 1.68. The molecule has 0 saturated heterocycles. The lowest BCUT2D eigenvalue weighted by Crippen LogP contribution is -2.12. The van der Waals surface area contributed by atoms with Gasteiger partial charge in [0.05, 0.1) is 26.0 Å². The van der Waals surface area contributed by atoms with Crippen LogP contribution in [0.1, 0.15) is 10.4 Å². The summed E-state index contributed by atoms with van der Waals surface area (Å²) >= 11 is 8.79. The number of pyridine rings is 1. The number of anilines is 1. The van der Waals surface area contributed by atoms with Gasteiger partial charge in [-0.05, 0) is 24.3 Å². The van der Waals surface area contributed by atoms with Gasteiger partial charge in [0, 0.05) is 17.0 Å². The molecule has 3 heterocycles. The first-order valence-corrected chi connectivity index (χ1v) is 9.14. The Balaban J connectivity index is 1.61. The highest BCUT2D eigenvalue weighted by Crippen LogP contribution is 2.33. The summed E-state index contributed by atoms with van der Waals surface area (Å²) in [5.41, 5.74) is 2.02. The summed E-state index contributed by atoms with van der Waals surface area (Å²) < 4.78 is 0.713. The molecule has 0 bridgehead atoms. The Labute approximate surface area is 150 Å². The summed E-state index contributed by atoms with van der Waals surface area (Å²) in [7, 11) is 0. The number of para-hydroxylation sites is 1. The number of halogens is 1. The highest BCUT2D eigenvalue weighted by molar-refractivity contribution is 7.20. The van der Waals surface area contributed by atoms with Crippen LogP contribution in [0.3, 0.4) is 0 Å². The molecule has 0 radical (unpaired) electrons. The fourth-order valence-electron chi connectivity index (χ4n) is 2.35. The Morgan fingerprint density at radius 3 is 2.83 bits per heavy atom. The van der Waals surface area contributed by atoms with Crippen LogP contribution in [0.15, 0.2) is 54.0 Å². The Hall–Kier alpha value is -2.28. The van der Waals surface area contributed by atoms with Crippen LogP contribution in [0.5, 0.6) is 0 Å². The summed E-state index contributed by atoms with van der Waals surface area (Å²) in [4.78, 5) is 22.3. The minimum Gasteiger partial charge on any atom is -0.298 e. The molecule has 3 aromatic heterocycles. The predicted octanol–water partition coefficient (Wildman–Crippen LogP) is 5.33. The van der Waals surface area contributed by atoms with Crippen LogP contribution in [-0.2, 0) is 0 Å². The van der Waals surface area contributed by atoms with Crippen molar-refractivity contribution in [3.63, 3.8) is 0 Å². The standard InChI is InChI=1S/C17H10ClN3OS2/c18-14-7-6-13(24-14)12-9-23-17(20-12)21-16(22)11-5-1-3-10-4-2-8-19-15(10)11/h1-9H,(H,20,21,22). The smallest absolute Gasteiger partial charge is 0.259 e. The molecule has 118 valence electrons. The molecule has 24 heavy (non-hydrogen) atoms. The van der Waals surface area contributed by atoms with E-state index in [9.17, 15) is 4.79 Å². The van der Waals surface area contributed by atoms with Crippen molar-refractivity contribution in [1.29, 1.82) is 0 Å². The number of aromatic nitrogens is 2. The van der Waals surface area contributed by atoms with Crippen LogP contribution >= 0.6 is 34.3 Å². The number of hydrogen-bond acceptors (Lipinski definition) is 5. The molecule has 1 amide bonds. The molecule has 1 aromatic carbocycles. The van der Waals surface area contributed by atoms with Gasteiger partial charge in [-0.1, -0.05) is 29.8 Å². The largest absolute Gasteiger partial charge is 0.298 e. The maximum absolute atomic E-state index is 12.6. The van der Waals surface area contributed by atoms with E-state index in [-0.39, 0.29) is 5.91 Å². The summed E-state index contributed by atoms with van der Waals surface area (Å²) in [6.45, 7) is 0. The maximum Gasteiger partial charge on any atom is 0.259 e. The second kappa shape index (κ2) is 6.32. The van der Waals surface area contributed by atoms with E-state index in [1.54, 1.807) is 12.3 Å². The van der Waals surface area contributed by atoms with Gasteiger partial charge < -0.3 is 0 Å². The van der Waals surface area contributed by atoms with E-state index in [0.717, 1.165) is 16.0 Å². The van der Waals surface area contributed by atoms with Crippen molar-refractivity contribution in [2.24, 2.45) is 0 Å². The molecule has 1 N–H and O–H groups in total. The molecule has 0 fully saturated rings. The quantitative estimate of drug-likeness (QED) is 0.529. The number of thiazole rings is 1. The number of thiophene rings is 1. The molecule has 4 rings (SSSR count).